The van der Waals surface area contributed by atoms with E-state index in [9.17, 15) is 18.0 Å². The van der Waals surface area contributed by atoms with Crippen molar-refractivity contribution in [2.45, 2.75) is 12.6 Å². The van der Waals surface area contributed by atoms with Crippen LogP contribution < -0.4 is 0 Å². The summed E-state index contributed by atoms with van der Waals surface area (Å²) >= 11 is 0. The third-order valence-electron chi connectivity index (χ3n) is 3.65. The van der Waals surface area contributed by atoms with E-state index in [0.29, 0.717) is 5.56 Å². The average Bonchev–Trinajstić information content (AvgIpc) is 3.09. The molecule has 3 rings (SSSR count). The van der Waals surface area contributed by atoms with Crippen LogP contribution in [0.1, 0.15) is 27.4 Å². The fraction of sp³-hybridized carbons (Fsp3) is 0.167. The number of nitrogens with zero attached hydrogens (tertiary/aromatic N) is 2. The van der Waals surface area contributed by atoms with E-state index in [0.717, 1.165) is 17.7 Å². The number of carbonyl (C=O) groups is 1. The molecule has 0 unspecified atom stereocenters. The van der Waals surface area contributed by atoms with Gasteiger partial charge in [0.15, 0.2) is 0 Å². The van der Waals surface area contributed by atoms with Gasteiger partial charge in [0.25, 0.3) is 0 Å². The smallest absolute Gasteiger partial charge is 0.416 e. The van der Waals surface area contributed by atoms with E-state index in [-0.39, 0.29) is 23.7 Å². The van der Waals surface area contributed by atoms with E-state index in [2.05, 4.69) is 14.9 Å². The van der Waals surface area contributed by atoms with Crippen LogP contribution in [0.3, 0.4) is 0 Å². The molecule has 26 heavy (non-hydrogen) atoms. The molecule has 0 fully saturated rings. The highest BCUT2D eigenvalue weighted by Gasteiger charge is 2.30. The van der Waals surface area contributed by atoms with E-state index in [4.69, 9.17) is 4.52 Å². The largest absolute Gasteiger partial charge is 0.465 e. The number of halogens is 3. The van der Waals surface area contributed by atoms with E-state index in [1.807, 2.05) is 0 Å². The van der Waals surface area contributed by atoms with Gasteiger partial charge in [-0.2, -0.15) is 18.2 Å². The van der Waals surface area contributed by atoms with Crippen LogP contribution >= 0.6 is 0 Å². The standard InChI is InChI=1S/C18H13F3N2O3/c1-25-17(24)12-7-5-11(6-8-12)9-15-22-16(23-26-15)13-3-2-4-14(10-13)18(19,20)21/h2-8,10H,9H2,1H3. The summed E-state index contributed by atoms with van der Waals surface area (Å²) in [5.41, 5.74) is 0.652. The van der Waals surface area contributed by atoms with Crippen molar-refractivity contribution in [1.82, 2.24) is 10.1 Å². The van der Waals surface area contributed by atoms with Crippen molar-refractivity contribution in [2.24, 2.45) is 0 Å². The summed E-state index contributed by atoms with van der Waals surface area (Å²) in [4.78, 5) is 15.5. The first-order valence-electron chi connectivity index (χ1n) is 7.54. The highest BCUT2D eigenvalue weighted by molar-refractivity contribution is 5.89. The van der Waals surface area contributed by atoms with E-state index >= 15 is 0 Å². The molecule has 0 spiro atoms. The first-order valence-corrected chi connectivity index (χ1v) is 7.54. The van der Waals surface area contributed by atoms with Gasteiger partial charge in [-0.25, -0.2) is 4.79 Å². The Morgan fingerprint density at radius 3 is 2.54 bits per heavy atom. The van der Waals surface area contributed by atoms with Gasteiger partial charge in [-0.05, 0) is 29.8 Å². The molecule has 0 saturated carbocycles. The van der Waals surface area contributed by atoms with Crippen LogP contribution in [0.4, 0.5) is 13.2 Å². The maximum Gasteiger partial charge on any atom is 0.416 e. The van der Waals surface area contributed by atoms with Crippen LogP contribution in [-0.2, 0) is 17.3 Å². The number of esters is 1. The molecule has 134 valence electrons. The van der Waals surface area contributed by atoms with Gasteiger partial charge in [-0.15, -0.1) is 0 Å². The molecule has 1 heterocycles. The normalized spacial score (nSPS) is 11.4. The predicted molar refractivity (Wildman–Crippen MR) is 85.3 cm³/mol. The van der Waals surface area contributed by atoms with Gasteiger partial charge in [0, 0.05) is 5.56 Å². The van der Waals surface area contributed by atoms with Crippen LogP contribution in [0.2, 0.25) is 0 Å². The van der Waals surface area contributed by atoms with Crippen molar-refractivity contribution in [1.29, 1.82) is 0 Å². The Morgan fingerprint density at radius 1 is 1.15 bits per heavy atom. The fourth-order valence-electron chi connectivity index (χ4n) is 2.33. The zero-order valence-electron chi connectivity index (χ0n) is 13.6. The second kappa shape index (κ2) is 6.99. The second-order valence-corrected chi connectivity index (χ2v) is 5.46. The minimum absolute atomic E-state index is 0.0808. The zero-order chi connectivity index (χ0) is 18.7. The molecule has 0 bridgehead atoms. The zero-order valence-corrected chi connectivity index (χ0v) is 13.6. The molecule has 0 radical (unpaired) electrons. The van der Waals surface area contributed by atoms with Crippen molar-refractivity contribution >= 4 is 5.97 Å². The molecule has 0 atom stereocenters. The van der Waals surface area contributed by atoms with Crippen LogP contribution in [0.15, 0.2) is 53.1 Å². The number of carbonyl (C=O) groups excluding carboxylic acids is 1. The van der Waals surface area contributed by atoms with Crippen molar-refractivity contribution in [3.05, 3.63) is 71.1 Å². The summed E-state index contributed by atoms with van der Waals surface area (Å²) in [6.07, 6.45) is -4.16. The van der Waals surface area contributed by atoms with Crippen LogP contribution in [-0.4, -0.2) is 23.2 Å². The first kappa shape index (κ1) is 17.7. The minimum Gasteiger partial charge on any atom is -0.465 e. The number of hydrogen-bond acceptors (Lipinski definition) is 5. The van der Waals surface area contributed by atoms with Gasteiger partial charge in [-0.1, -0.05) is 29.4 Å². The molecule has 2 aromatic carbocycles. The third-order valence-corrected chi connectivity index (χ3v) is 3.65. The number of rotatable bonds is 4. The Morgan fingerprint density at radius 2 is 1.88 bits per heavy atom. The van der Waals surface area contributed by atoms with Gasteiger partial charge in [0.2, 0.25) is 11.7 Å². The number of aromatic nitrogens is 2. The number of benzene rings is 2. The second-order valence-electron chi connectivity index (χ2n) is 5.46. The molecule has 0 aliphatic heterocycles. The average molecular weight is 362 g/mol. The van der Waals surface area contributed by atoms with Crippen molar-refractivity contribution in [2.75, 3.05) is 7.11 Å². The van der Waals surface area contributed by atoms with E-state index in [1.54, 1.807) is 24.3 Å². The number of alkyl halides is 3. The van der Waals surface area contributed by atoms with Gasteiger partial charge < -0.3 is 9.26 Å². The number of ether oxygens (including phenoxy) is 1. The minimum atomic E-state index is -4.44. The topological polar surface area (TPSA) is 65.2 Å². The predicted octanol–water partition coefficient (Wildman–Crippen LogP) is 4.13. The lowest BCUT2D eigenvalue weighted by atomic mass is 10.1. The van der Waals surface area contributed by atoms with Crippen LogP contribution in [0.5, 0.6) is 0 Å². The molecule has 1 aromatic heterocycles. The summed E-state index contributed by atoms with van der Waals surface area (Å²) in [6, 6.07) is 11.3. The molecular formula is C18H13F3N2O3. The Hall–Kier alpha value is -3.16. The summed E-state index contributed by atoms with van der Waals surface area (Å²) in [7, 11) is 1.30. The van der Waals surface area contributed by atoms with Crippen LogP contribution in [0, 0.1) is 0 Å². The van der Waals surface area contributed by atoms with Gasteiger partial charge in [0.05, 0.1) is 24.7 Å². The summed E-state index contributed by atoms with van der Waals surface area (Å²) in [6.45, 7) is 0. The summed E-state index contributed by atoms with van der Waals surface area (Å²) in [5.74, 6) is -0.110. The summed E-state index contributed by atoms with van der Waals surface area (Å²) in [5, 5.41) is 3.74. The summed E-state index contributed by atoms with van der Waals surface area (Å²) < 4.78 is 48.1. The monoisotopic (exact) mass is 362 g/mol. The lowest BCUT2D eigenvalue weighted by molar-refractivity contribution is -0.137. The molecule has 8 heteroatoms. The highest BCUT2D eigenvalue weighted by atomic mass is 19.4. The molecule has 0 aliphatic rings. The maximum atomic E-state index is 12.8. The lowest BCUT2D eigenvalue weighted by Gasteiger charge is -2.06. The fourth-order valence-corrected chi connectivity index (χ4v) is 2.33. The van der Waals surface area contributed by atoms with Gasteiger partial charge in [-0.3, -0.25) is 0 Å². The third kappa shape index (κ3) is 3.90. The SMILES string of the molecule is COC(=O)c1ccc(Cc2nc(-c3cccc(C(F)(F)F)c3)no2)cc1. The molecule has 0 amide bonds. The maximum absolute atomic E-state index is 12.8. The van der Waals surface area contributed by atoms with Gasteiger partial charge >= 0.3 is 12.1 Å². The van der Waals surface area contributed by atoms with Crippen molar-refractivity contribution < 1.29 is 27.2 Å². The van der Waals surface area contributed by atoms with Crippen molar-refractivity contribution in [3.8, 4) is 11.4 Å². The lowest BCUT2D eigenvalue weighted by Crippen LogP contribution is -2.04. The molecule has 3 aromatic rings. The van der Waals surface area contributed by atoms with E-state index < -0.39 is 17.7 Å². The van der Waals surface area contributed by atoms with Crippen molar-refractivity contribution in [3.63, 3.8) is 0 Å². The Bertz CT molecular complexity index is 918. The highest BCUT2D eigenvalue weighted by Crippen LogP contribution is 2.31. The molecule has 0 N–H and O–H groups in total. The Kier molecular flexibility index (Phi) is 4.75. The quantitative estimate of drug-likeness (QED) is 0.653. The Labute approximate surface area is 146 Å². The first-order chi connectivity index (χ1) is 12.4. The van der Waals surface area contributed by atoms with Gasteiger partial charge in [0.1, 0.15) is 0 Å². The number of methoxy groups -OCH3 is 1. The molecular weight excluding hydrogens is 349 g/mol. The van der Waals surface area contributed by atoms with E-state index in [1.165, 1.54) is 19.2 Å². The molecule has 0 saturated heterocycles. The Balaban J connectivity index is 1.77. The molecule has 0 aliphatic carbocycles. The number of hydrogen-bond donors (Lipinski definition) is 0. The molecule has 5 nitrogen and oxygen atoms in total. The van der Waals surface area contributed by atoms with Crippen LogP contribution in [0.25, 0.3) is 11.4 Å².